The summed E-state index contributed by atoms with van der Waals surface area (Å²) in [5.41, 5.74) is 1.67. The monoisotopic (exact) mass is 611 g/mol. The summed E-state index contributed by atoms with van der Waals surface area (Å²) >= 11 is 6.46. The molecule has 0 heterocycles. The van der Waals surface area contributed by atoms with Crippen LogP contribution in [0, 0.1) is 6.92 Å². The zero-order valence-electron chi connectivity index (χ0n) is 24.3. The van der Waals surface area contributed by atoms with Gasteiger partial charge in [0.2, 0.25) is 11.8 Å². The second-order valence-electron chi connectivity index (χ2n) is 10.6. The van der Waals surface area contributed by atoms with Crippen LogP contribution in [0.2, 0.25) is 5.02 Å². The molecule has 0 aliphatic heterocycles. The van der Waals surface area contributed by atoms with Crippen molar-refractivity contribution in [2.24, 2.45) is 0 Å². The molecule has 1 fully saturated rings. The molecule has 1 N–H and O–H groups in total. The van der Waals surface area contributed by atoms with Crippen molar-refractivity contribution >= 4 is 39.1 Å². The molecule has 3 aromatic carbocycles. The molecule has 0 aromatic heterocycles. The van der Waals surface area contributed by atoms with E-state index in [0.717, 1.165) is 42.0 Å². The Kier molecular flexibility index (Phi) is 10.5. The molecule has 8 nitrogen and oxygen atoms in total. The van der Waals surface area contributed by atoms with Crippen molar-refractivity contribution in [3.05, 3.63) is 88.9 Å². The zero-order valence-corrected chi connectivity index (χ0v) is 25.8. The Morgan fingerprint density at radius 1 is 1.00 bits per heavy atom. The van der Waals surface area contributed by atoms with E-state index in [2.05, 4.69) is 5.32 Å². The molecule has 2 amide bonds. The average Bonchev–Trinajstić information content (AvgIpc) is 2.99. The number of carbonyl (C=O) groups excluding carboxylic acids is 2. The number of anilines is 1. The van der Waals surface area contributed by atoms with Crippen molar-refractivity contribution in [2.45, 2.75) is 69.5 Å². The fraction of sp³-hybridized carbons (Fsp3) is 0.375. The van der Waals surface area contributed by atoms with Gasteiger partial charge in [0.25, 0.3) is 10.0 Å². The molecule has 0 spiro atoms. The van der Waals surface area contributed by atoms with E-state index in [9.17, 15) is 18.0 Å². The Hall–Kier alpha value is -3.56. The van der Waals surface area contributed by atoms with Gasteiger partial charge in [0, 0.05) is 17.6 Å². The van der Waals surface area contributed by atoms with Crippen LogP contribution in [0.3, 0.4) is 0 Å². The van der Waals surface area contributed by atoms with E-state index in [1.165, 1.54) is 24.1 Å². The minimum absolute atomic E-state index is 0.0297. The Labute approximate surface area is 253 Å². The molecule has 1 aliphatic carbocycles. The van der Waals surface area contributed by atoms with Crippen LogP contribution in [-0.2, 0) is 26.2 Å². The lowest BCUT2D eigenvalue weighted by Crippen LogP contribution is -2.53. The highest BCUT2D eigenvalue weighted by molar-refractivity contribution is 7.92. The third-order valence-electron chi connectivity index (χ3n) is 7.63. The first-order valence-corrected chi connectivity index (χ1v) is 16.0. The predicted molar refractivity (Wildman–Crippen MR) is 165 cm³/mol. The van der Waals surface area contributed by atoms with E-state index in [4.69, 9.17) is 16.3 Å². The van der Waals surface area contributed by atoms with Crippen molar-refractivity contribution < 1.29 is 22.7 Å². The van der Waals surface area contributed by atoms with Gasteiger partial charge in [0.05, 0.1) is 17.7 Å². The highest BCUT2D eigenvalue weighted by atomic mass is 35.5. The second-order valence-corrected chi connectivity index (χ2v) is 12.9. The van der Waals surface area contributed by atoms with E-state index in [1.807, 2.05) is 6.92 Å². The largest absolute Gasteiger partial charge is 0.495 e. The van der Waals surface area contributed by atoms with Crippen molar-refractivity contribution in [1.29, 1.82) is 0 Å². The number of nitrogens with one attached hydrogen (secondary N) is 1. The topological polar surface area (TPSA) is 96.0 Å². The number of ether oxygens (including phenoxy) is 1. The zero-order chi connectivity index (χ0) is 30.3. The number of benzene rings is 3. The number of sulfonamides is 1. The summed E-state index contributed by atoms with van der Waals surface area (Å²) in [7, 11) is -2.75. The van der Waals surface area contributed by atoms with Gasteiger partial charge in [-0.3, -0.25) is 13.9 Å². The van der Waals surface area contributed by atoms with Gasteiger partial charge in [0.1, 0.15) is 18.3 Å². The number of nitrogens with zero attached hydrogens (tertiary/aromatic N) is 2. The van der Waals surface area contributed by atoms with Crippen molar-refractivity contribution in [1.82, 2.24) is 10.2 Å². The number of aryl methyl sites for hydroxylation is 1. The third-order valence-corrected chi connectivity index (χ3v) is 9.77. The summed E-state index contributed by atoms with van der Waals surface area (Å²) in [5, 5.41) is 3.55. The third kappa shape index (κ3) is 7.44. The molecular formula is C32H38ClN3O5S. The SMILES string of the molecule is COc1ccc(C)cc1N(CC(=O)N(Cc1ccccc1Cl)[C@H](C)C(=O)NC1CCCCC1)S(=O)(=O)c1ccccc1. The standard InChI is InChI=1S/C32H38ClN3O5S/c1-23-18-19-30(41-3)29(20-23)36(42(39,40)27-15-8-5-9-16-27)22-31(37)35(21-25-12-10-11-17-28(25)33)24(2)32(38)34-26-13-6-4-7-14-26/h5,8-12,15-20,24,26H,4,6-7,13-14,21-22H2,1-3H3,(H,34,38)/t24-/m1/s1. The molecule has 0 unspecified atom stereocenters. The second kappa shape index (κ2) is 14.1. The van der Waals surface area contributed by atoms with Gasteiger partial charge in [-0.2, -0.15) is 0 Å². The Morgan fingerprint density at radius 2 is 1.67 bits per heavy atom. The lowest BCUT2D eigenvalue weighted by Gasteiger charge is -2.33. The molecule has 10 heteroatoms. The lowest BCUT2D eigenvalue weighted by atomic mass is 9.95. The van der Waals surface area contributed by atoms with Crippen molar-refractivity contribution in [3.63, 3.8) is 0 Å². The van der Waals surface area contributed by atoms with Gasteiger partial charge in [-0.25, -0.2) is 8.42 Å². The van der Waals surface area contributed by atoms with Crippen LogP contribution < -0.4 is 14.4 Å². The maximum Gasteiger partial charge on any atom is 0.264 e. The summed E-state index contributed by atoms with van der Waals surface area (Å²) in [6.07, 6.45) is 5.03. The lowest BCUT2D eigenvalue weighted by molar-refractivity contribution is -0.139. The molecule has 0 saturated heterocycles. The van der Waals surface area contributed by atoms with Crippen LogP contribution in [0.5, 0.6) is 5.75 Å². The fourth-order valence-corrected chi connectivity index (χ4v) is 6.82. The summed E-state index contributed by atoms with van der Waals surface area (Å²) < 4.78 is 34.7. The smallest absolute Gasteiger partial charge is 0.264 e. The highest BCUT2D eigenvalue weighted by Gasteiger charge is 2.34. The highest BCUT2D eigenvalue weighted by Crippen LogP contribution is 2.34. The van der Waals surface area contributed by atoms with E-state index in [1.54, 1.807) is 67.6 Å². The quantitative estimate of drug-likeness (QED) is 0.299. The van der Waals surface area contributed by atoms with Crippen LogP contribution in [0.15, 0.2) is 77.7 Å². The number of hydrogen-bond donors (Lipinski definition) is 1. The number of halogens is 1. The number of carbonyl (C=O) groups is 2. The molecule has 0 radical (unpaired) electrons. The first-order valence-electron chi connectivity index (χ1n) is 14.2. The number of hydrogen-bond acceptors (Lipinski definition) is 5. The van der Waals surface area contributed by atoms with E-state index in [0.29, 0.717) is 16.3 Å². The first kappa shape index (κ1) is 31.4. The maximum atomic E-state index is 14.2. The van der Waals surface area contributed by atoms with Gasteiger partial charge >= 0.3 is 0 Å². The molecular weight excluding hydrogens is 574 g/mol. The van der Waals surface area contributed by atoms with Crippen LogP contribution in [0.4, 0.5) is 5.69 Å². The minimum Gasteiger partial charge on any atom is -0.495 e. The molecule has 0 bridgehead atoms. The predicted octanol–water partition coefficient (Wildman–Crippen LogP) is 5.72. The van der Waals surface area contributed by atoms with E-state index >= 15 is 0 Å². The fourth-order valence-electron chi connectivity index (χ4n) is 5.19. The molecule has 1 aliphatic rings. The normalized spacial score (nSPS) is 14.6. The summed E-state index contributed by atoms with van der Waals surface area (Å²) in [6.45, 7) is 2.97. The van der Waals surface area contributed by atoms with E-state index in [-0.39, 0.29) is 29.1 Å². The minimum atomic E-state index is -4.20. The van der Waals surface area contributed by atoms with Crippen LogP contribution in [0.25, 0.3) is 0 Å². The molecule has 42 heavy (non-hydrogen) atoms. The summed E-state index contributed by atoms with van der Waals surface area (Å²) in [5.74, 6) is -0.536. The summed E-state index contributed by atoms with van der Waals surface area (Å²) in [6, 6.07) is 19.4. The molecule has 224 valence electrons. The Balaban J connectivity index is 1.73. The van der Waals surface area contributed by atoms with Crippen LogP contribution in [-0.4, -0.2) is 50.9 Å². The number of rotatable bonds is 11. The van der Waals surface area contributed by atoms with Crippen LogP contribution in [0.1, 0.15) is 50.2 Å². The molecule has 1 saturated carbocycles. The van der Waals surface area contributed by atoms with Crippen LogP contribution >= 0.6 is 11.6 Å². The Bertz CT molecular complexity index is 1490. The van der Waals surface area contributed by atoms with Gasteiger partial charge in [-0.1, -0.05) is 73.3 Å². The first-order chi connectivity index (χ1) is 20.1. The number of amides is 2. The average molecular weight is 612 g/mol. The Morgan fingerprint density at radius 3 is 2.33 bits per heavy atom. The molecule has 3 aromatic rings. The summed E-state index contributed by atoms with van der Waals surface area (Å²) in [4.78, 5) is 29.1. The number of methoxy groups -OCH3 is 1. The van der Waals surface area contributed by atoms with Crippen molar-refractivity contribution in [2.75, 3.05) is 18.0 Å². The molecule has 1 atom stereocenters. The van der Waals surface area contributed by atoms with Gasteiger partial charge in [0.15, 0.2) is 0 Å². The van der Waals surface area contributed by atoms with Gasteiger partial charge in [-0.05, 0) is 68.1 Å². The van der Waals surface area contributed by atoms with Gasteiger partial charge in [-0.15, -0.1) is 0 Å². The maximum absolute atomic E-state index is 14.2. The van der Waals surface area contributed by atoms with Gasteiger partial charge < -0.3 is 15.0 Å². The van der Waals surface area contributed by atoms with E-state index < -0.39 is 28.5 Å². The van der Waals surface area contributed by atoms with Crippen molar-refractivity contribution in [3.8, 4) is 5.75 Å². The molecule has 4 rings (SSSR count).